The first-order valence-corrected chi connectivity index (χ1v) is 6.64. The van der Waals surface area contributed by atoms with Crippen molar-refractivity contribution in [2.75, 3.05) is 6.54 Å². The maximum Gasteiger partial charge on any atom is 0.243 e. The van der Waals surface area contributed by atoms with E-state index in [0.29, 0.717) is 18.9 Å². The van der Waals surface area contributed by atoms with Gasteiger partial charge in [-0.3, -0.25) is 0 Å². The van der Waals surface area contributed by atoms with Gasteiger partial charge in [0.25, 0.3) is 0 Å². The molecule has 5 heteroatoms. The molecule has 2 heterocycles. The molecule has 1 fully saturated rings. The molecule has 1 aliphatic heterocycles. The normalized spacial score (nSPS) is 29.0. The van der Waals surface area contributed by atoms with Crippen LogP contribution >= 0.6 is 0 Å². The molecule has 1 unspecified atom stereocenters. The predicted molar refractivity (Wildman–Crippen MR) is 67.7 cm³/mol. The lowest BCUT2D eigenvalue weighted by Gasteiger charge is -2.27. The Labute approximate surface area is 110 Å². The Kier molecular flexibility index (Phi) is 2.43. The molecular formula is C14H15N3O2. The summed E-state index contributed by atoms with van der Waals surface area (Å²) in [4.78, 5) is 4.50. The van der Waals surface area contributed by atoms with Gasteiger partial charge in [0.1, 0.15) is 0 Å². The average Bonchev–Trinajstić information content (AvgIpc) is 3.00. The zero-order valence-corrected chi connectivity index (χ0v) is 10.4. The molecule has 2 aliphatic rings. The Morgan fingerprint density at radius 3 is 3.00 bits per heavy atom. The second-order valence-electron chi connectivity index (χ2n) is 5.30. The number of β-amino-alcohol motifs (C(OH)–C–C–N with tert-alkyl or cyclic N) is 1. The van der Waals surface area contributed by atoms with Gasteiger partial charge in [-0.1, -0.05) is 29.4 Å². The molecule has 0 spiro atoms. The molecule has 0 amide bonds. The van der Waals surface area contributed by atoms with E-state index in [1.807, 2.05) is 6.07 Å². The minimum absolute atomic E-state index is 0.00781. The molecule has 2 aromatic rings. The summed E-state index contributed by atoms with van der Waals surface area (Å²) in [7, 11) is 0. The van der Waals surface area contributed by atoms with Crippen molar-refractivity contribution in [3.8, 4) is 0 Å². The van der Waals surface area contributed by atoms with E-state index in [-0.39, 0.29) is 18.1 Å². The van der Waals surface area contributed by atoms with Crippen LogP contribution in [0.4, 0.5) is 0 Å². The number of aliphatic hydroxyl groups excluding tert-OH is 1. The highest BCUT2D eigenvalue weighted by atomic mass is 16.5. The number of hydrogen-bond acceptors (Lipinski definition) is 5. The quantitative estimate of drug-likeness (QED) is 0.844. The fraction of sp³-hybridized carbons (Fsp3) is 0.429. The van der Waals surface area contributed by atoms with Crippen LogP contribution in [0.2, 0.25) is 0 Å². The highest BCUT2D eigenvalue weighted by Crippen LogP contribution is 2.38. The van der Waals surface area contributed by atoms with Crippen LogP contribution in [0.15, 0.2) is 28.8 Å². The molecule has 1 aromatic carbocycles. The zero-order valence-electron chi connectivity index (χ0n) is 10.4. The summed E-state index contributed by atoms with van der Waals surface area (Å²) in [5.74, 6) is 1.62. The van der Waals surface area contributed by atoms with Crippen molar-refractivity contribution in [1.82, 2.24) is 15.5 Å². The van der Waals surface area contributed by atoms with Gasteiger partial charge in [0, 0.05) is 6.54 Å². The van der Waals surface area contributed by atoms with Gasteiger partial charge in [-0.15, -0.1) is 0 Å². The van der Waals surface area contributed by atoms with Gasteiger partial charge in [0.2, 0.25) is 5.89 Å². The Bertz CT molecular complexity index is 610. The van der Waals surface area contributed by atoms with Crippen LogP contribution in [0.3, 0.4) is 0 Å². The smallest absolute Gasteiger partial charge is 0.243 e. The molecule has 0 bridgehead atoms. The maximum atomic E-state index is 9.51. The van der Waals surface area contributed by atoms with Crippen molar-refractivity contribution in [1.29, 1.82) is 0 Å². The summed E-state index contributed by atoms with van der Waals surface area (Å²) in [5, 5.41) is 16.8. The minimum atomic E-state index is -0.315. The van der Waals surface area contributed by atoms with Gasteiger partial charge in [-0.25, -0.2) is 0 Å². The summed E-state index contributed by atoms with van der Waals surface area (Å²) < 4.78 is 5.33. The zero-order chi connectivity index (χ0) is 12.8. The first-order chi connectivity index (χ1) is 9.31. The van der Waals surface area contributed by atoms with Crippen LogP contribution in [0.1, 0.15) is 41.2 Å². The lowest BCUT2D eigenvalue weighted by Crippen LogP contribution is -2.19. The van der Waals surface area contributed by atoms with Crippen LogP contribution in [0, 0.1) is 0 Å². The van der Waals surface area contributed by atoms with Gasteiger partial charge < -0.3 is 14.9 Å². The Balaban J connectivity index is 1.57. The number of nitrogens with zero attached hydrogens (tertiary/aromatic N) is 2. The SMILES string of the molecule is O[C@@H]1CN[C@@H](c2nc(C3Cc4ccccc43)no2)C1. The van der Waals surface area contributed by atoms with Gasteiger partial charge in [0.05, 0.1) is 18.1 Å². The van der Waals surface area contributed by atoms with Crippen molar-refractivity contribution in [2.45, 2.75) is 30.9 Å². The second-order valence-corrected chi connectivity index (χ2v) is 5.30. The van der Waals surface area contributed by atoms with E-state index in [0.717, 1.165) is 12.2 Å². The monoisotopic (exact) mass is 257 g/mol. The summed E-state index contributed by atoms with van der Waals surface area (Å²) in [5.41, 5.74) is 2.67. The highest BCUT2D eigenvalue weighted by molar-refractivity contribution is 5.43. The van der Waals surface area contributed by atoms with Crippen LogP contribution in [0.5, 0.6) is 0 Å². The number of rotatable bonds is 2. The summed E-state index contributed by atoms with van der Waals surface area (Å²) in [6, 6.07) is 8.35. The van der Waals surface area contributed by atoms with Crippen LogP contribution in [-0.4, -0.2) is 27.9 Å². The second kappa shape index (κ2) is 4.15. The molecular weight excluding hydrogens is 242 g/mol. The van der Waals surface area contributed by atoms with Gasteiger partial charge in [-0.05, 0) is 24.0 Å². The van der Waals surface area contributed by atoms with Crippen LogP contribution in [-0.2, 0) is 6.42 Å². The lowest BCUT2D eigenvalue weighted by molar-refractivity contribution is 0.191. The van der Waals surface area contributed by atoms with Crippen LogP contribution in [0.25, 0.3) is 0 Å². The predicted octanol–water partition coefficient (Wildman–Crippen LogP) is 1.15. The van der Waals surface area contributed by atoms with E-state index in [1.165, 1.54) is 11.1 Å². The van der Waals surface area contributed by atoms with Crippen molar-refractivity contribution in [2.24, 2.45) is 0 Å². The fourth-order valence-electron chi connectivity index (χ4n) is 2.92. The first kappa shape index (κ1) is 11.1. The summed E-state index contributed by atoms with van der Waals surface area (Å²) >= 11 is 0. The van der Waals surface area contributed by atoms with E-state index in [4.69, 9.17) is 4.52 Å². The van der Waals surface area contributed by atoms with E-state index < -0.39 is 0 Å². The van der Waals surface area contributed by atoms with Crippen molar-refractivity contribution < 1.29 is 9.63 Å². The number of benzene rings is 1. The highest BCUT2D eigenvalue weighted by Gasteiger charge is 2.33. The third kappa shape index (κ3) is 1.77. The van der Waals surface area contributed by atoms with Gasteiger partial charge in [0.15, 0.2) is 5.82 Å². The van der Waals surface area contributed by atoms with Gasteiger partial charge >= 0.3 is 0 Å². The van der Waals surface area contributed by atoms with E-state index >= 15 is 0 Å². The molecule has 0 saturated carbocycles. The van der Waals surface area contributed by atoms with Crippen molar-refractivity contribution >= 4 is 0 Å². The largest absolute Gasteiger partial charge is 0.392 e. The van der Waals surface area contributed by atoms with Crippen molar-refractivity contribution in [3.05, 3.63) is 47.1 Å². The molecule has 1 aliphatic carbocycles. The van der Waals surface area contributed by atoms with E-state index in [9.17, 15) is 5.11 Å². The molecule has 0 radical (unpaired) electrons. The first-order valence-electron chi connectivity index (χ1n) is 6.64. The molecule has 3 atom stereocenters. The molecule has 1 saturated heterocycles. The van der Waals surface area contributed by atoms with E-state index in [2.05, 4.69) is 33.7 Å². The Morgan fingerprint density at radius 2 is 2.21 bits per heavy atom. The topological polar surface area (TPSA) is 71.2 Å². The standard InChI is InChI=1S/C14H15N3O2/c18-9-6-12(15-7-9)14-16-13(17-19-14)11-5-8-3-1-2-4-10(8)11/h1-4,9,11-12,15,18H,5-7H2/t9-,11?,12+/m0/s1. The third-order valence-electron chi connectivity index (χ3n) is 4.03. The molecule has 1 aromatic heterocycles. The molecule has 98 valence electrons. The summed E-state index contributed by atoms with van der Waals surface area (Å²) in [6.45, 7) is 0.592. The number of nitrogens with one attached hydrogen (secondary N) is 1. The molecule has 5 nitrogen and oxygen atoms in total. The molecule has 2 N–H and O–H groups in total. The number of hydrogen-bond donors (Lipinski definition) is 2. The number of aromatic nitrogens is 2. The molecule has 4 rings (SSSR count). The van der Waals surface area contributed by atoms with E-state index in [1.54, 1.807) is 0 Å². The Morgan fingerprint density at radius 1 is 1.32 bits per heavy atom. The average molecular weight is 257 g/mol. The fourth-order valence-corrected chi connectivity index (χ4v) is 2.92. The van der Waals surface area contributed by atoms with Gasteiger partial charge in [-0.2, -0.15) is 4.98 Å². The lowest BCUT2D eigenvalue weighted by atomic mass is 9.77. The molecule has 19 heavy (non-hydrogen) atoms. The number of fused-ring (bicyclic) bond motifs is 1. The van der Waals surface area contributed by atoms with Crippen molar-refractivity contribution in [3.63, 3.8) is 0 Å². The maximum absolute atomic E-state index is 9.51. The third-order valence-corrected chi connectivity index (χ3v) is 4.03. The van der Waals surface area contributed by atoms with Crippen LogP contribution < -0.4 is 5.32 Å². The summed E-state index contributed by atoms with van der Waals surface area (Å²) in [6.07, 6.45) is 1.31. The Hall–Kier alpha value is -1.72. The number of aliphatic hydroxyl groups is 1. The minimum Gasteiger partial charge on any atom is -0.392 e.